The summed E-state index contributed by atoms with van der Waals surface area (Å²) in [6.07, 6.45) is 1.68. The lowest BCUT2D eigenvalue weighted by atomic mass is 10.1. The van der Waals surface area contributed by atoms with Crippen LogP contribution >= 0.6 is 0 Å². The van der Waals surface area contributed by atoms with Gasteiger partial charge in [-0.1, -0.05) is 60.2 Å². The first-order valence-corrected chi connectivity index (χ1v) is 9.53. The fraction of sp³-hybridized carbons (Fsp3) is 0.167. The van der Waals surface area contributed by atoms with Crippen molar-refractivity contribution in [1.82, 2.24) is 9.55 Å². The highest BCUT2D eigenvalue weighted by atomic mass is 16.1. The van der Waals surface area contributed by atoms with Crippen LogP contribution in [0, 0.1) is 6.92 Å². The summed E-state index contributed by atoms with van der Waals surface area (Å²) in [6.45, 7) is 2.28. The van der Waals surface area contributed by atoms with Crippen LogP contribution in [0.3, 0.4) is 0 Å². The Bertz CT molecular complexity index is 1080. The fourth-order valence-electron chi connectivity index (χ4n) is 3.37. The molecule has 28 heavy (non-hydrogen) atoms. The maximum absolute atomic E-state index is 12.7. The Balaban J connectivity index is 1.55. The number of benzene rings is 3. The third-order valence-electron chi connectivity index (χ3n) is 4.85. The standard InChI is InChI=1S/C24H23N3O/c1-18-11-14-20(15-12-18)25-24(28)17-27-22-10-6-5-9-21(22)26-23(27)16-13-19-7-3-2-4-8-19/h2-12,14-15H,13,16-17H2,1H3,(H,25,28). The van der Waals surface area contributed by atoms with Gasteiger partial charge >= 0.3 is 0 Å². The van der Waals surface area contributed by atoms with Crippen molar-refractivity contribution in [2.24, 2.45) is 0 Å². The molecule has 1 N–H and O–H groups in total. The number of imidazole rings is 1. The largest absolute Gasteiger partial charge is 0.325 e. The highest BCUT2D eigenvalue weighted by Gasteiger charge is 2.14. The van der Waals surface area contributed by atoms with Gasteiger partial charge in [-0.25, -0.2) is 4.98 Å². The number of hydrogen-bond donors (Lipinski definition) is 1. The van der Waals surface area contributed by atoms with Gasteiger partial charge in [0.1, 0.15) is 12.4 Å². The number of para-hydroxylation sites is 2. The van der Waals surface area contributed by atoms with E-state index in [2.05, 4.69) is 17.4 Å². The lowest BCUT2D eigenvalue weighted by Crippen LogP contribution is -2.20. The summed E-state index contributed by atoms with van der Waals surface area (Å²) in [5.41, 5.74) is 5.16. The van der Waals surface area contributed by atoms with E-state index in [1.165, 1.54) is 11.1 Å². The van der Waals surface area contributed by atoms with Gasteiger partial charge in [-0.2, -0.15) is 0 Å². The summed E-state index contributed by atoms with van der Waals surface area (Å²) in [4.78, 5) is 17.5. The molecule has 0 bridgehead atoms. The normalized spacial score (nSPS) is 10.9. The zero-order valence-electron chi connectivity index (χ0n) is 15.9. The van der Waals surface area contributed by atoms with Gasteiger partial charge < -0.3 is 9.88 Å². The summed E-state index contributed by atoms with van der Waals surface area (Å²) < 4.78 is 2.03. The molecule has 1 heterocycles. The molecule has 1 amide bonds. The van der Waals surface area contributed by atoms with E-state index in [0.29, 0.717) is 0 Å². The number of aromatic nitrogens is 2. The number of rotatable bonds is 6. The van der Waals surface area contributed by atoms with Crippen molar-refractivity contribution in [2.45, 2.75) is 26.3 Å². The second kappa shape index (κ2) is 8.09. The summed E-state index contributed by atoms with van der Waals surface area (Å²) in [7, 11) is 0. The Morgan fingerprint density at radius 3 is 2.39 bits per heavy atom. The Hall–Kier alpha value is -3.40. The molecule has 4 heteroatoms. The maximum atomic E-state index is 12.7. The minimum atomic E-state index is -0.0482. The van der Waals surface area contributed by atoms with Crippen molar-refractivity contribution in [1.29, 1.82) is 0 Å². The van der Waals surface area contributed by atoms with Gasteiger partial charge in [0.15, 0.2) is 0 Å². The Morgan fingerprint density at radius 2 is 1.61 bits per heavy atom. The van der Waals surface area contributed by atoms with Gasteiger partial charge in [0.05, 0.1) is 11.0 Å². The van der Waals surface area contributed by atoms with E-state index in [-0.39, 0.29) is 12.5 Å². The van der Waals surface area contributed by atoms with E-state index in [0.717, 1.165) is 35.4 Å². The fourth-order valence-corrected chi connectivity index (χ4v) is 3.37. The van der Waals surface area contributed by atoms with Crippen LogP contribution < -0.4 is 5.32 Å². The van der Waals surface area contributed by atoms with E-state index in [4.69, 9.17) is 4.98 Å². The van der Waals surface area contributed by atoms with Crippen molar-refractivity contribution in [3.05, 3.63) is 95.8 Å². The first-order valence-electron chi connectivity index (χ1n) is 9.53. The van der Waals surface area contributed by atoms with Crippen LogP contribution in [0.4, 0.5) is 5.69 Å². The summed E-state index contributed by atoms with van der Waals surface area (Å²) in [6, 6.07) is 26.2. The Labute approximate surface area is 164 Å². The minimum absolute atomic E-state index is 0.0482. The molecule has 4 aromatic rings. The van der Waals surface area contributed by atoms with Crippen molar-refractivity contribution < 1.29 is 4.79 Å². The molecule has 0 fully saturated rings. The number of nitrogens with zero attached hydrogens (tertiary/aromatic N) is 2. The quantitative estimate of drug-likeness (QED) is 0.532. The number of carbonyl (C=O) groups is 1. The minimum Gasteiger partial charge on any atom is -0.325 e. The van der Waals surface area contributed by atoms with Crippen LogP contribution in [0.15, 0.2) is 78.9 Å². The number of nitrogens with one attached hydrogen (secondary N) is 1. The molecule has 3 aromatic carbocycles. The summed E-state index contributed by atoms with van der Waals surface area (Å²) in [5.74, 6) is 0.886. The van der Waals surface area contributed by atoms with E-state index in [1.807, 2.05) is 78.2 Å². The average Bonchev–Trinajstić information content (AvgIpc) is 3.06. The van der Waals surface area contributed by atoms with Crippen molar-refractivity contribution >= 4 is 22.6 Å². The predicted octanol–water partition coefficient (Wildman–Crippen LogP) is 4.77. The monoisotopic (exact) mass is 369 g/mol. The van der Waals surface area contributed by atoms with Crippen LogP contribution in [0.2, 0.25) is 0 Å². The zero-order chi connectivity index (χ0) is 19.3. The van der Waals surface area contributed by atoms with Crippen molar-refractivity contribution in [3.63, 3.8) is 0 Å². The van der Waals surface area contributed by atoms with Crippen LogP contribution in [0.5, 0.6) is 0 Å². The highest BCUT2D eigenvalue weighted by Crippen LogP contribution is 2.18. The molecule has 1 aromatic heterocycles. The Kier molecular flexibility index (Phi) is 5.20. The second-order valence-corrected chi connectivity index (χ2v) is 7.00. The molecule has 140 valence electrons. The van der Waals surface area contributed by atoms with E-state index >= 15 is 0 Å². The molecule has 4 nitrogen and oxygen atoms in total. The topological polar surface area (TPSA) is 46.9 Å². The smallest absolute Gasteiger partial charge is 0.244 e. The zero-order valence-corrected chi connectivity index (χ0v) is 15.9. The number of fused-ring (bicyclic) bond motifs is 1. The molecule has 0 radical (unpaired) electrons. The second-order valence-electron chi connectivity index (χ2n) is 7.00. The Morgan fingerprint density at radius 1 is 0.893 bits per heavy atom. The summed E-state index contributed by atoms with van der Waals surface area (Å²) in [5, 5.41) is 2.99. The SMILES string of the molecule is Cc1ccc(NC(=O)Cn2c(CCc3ccccc3)nc3ccccc32)cc1. The molecule has 4 rings (SSSR count). The molecule has 0 aliphatic heterocycles. The lowest BCUT2D eigenvalue weighted by molar-refractivity contribution is -0.116. The molecular formula is C24H23N3O. The van der Waals surface area contributed by atoms with Crippen LogP contribution in [0.1, 0.15) is 17.0 Å². The number of hydrogen-bond acceptors (Lipinski definition) is 2. The molecule has 0 saturated carbocycles. The van der Waals surface area contributed by atoms with Gasteiger partial charge in [-0.3, -0.25) is 4.79 Å². The van der Waals surface area contributed by atoms with E-state index in [9.17, 15) is 4.79 Å². The van der Waals surface area contributed by atoms with Crippen LogP contribution in [-0.4, -0.2) is 15.5 Å². The van der Waals surface area contributed by atoms with Gasteiger partial charge in [0.25, 0.3) is 0 Å². The summed E-state index contributed by atoms with van der Waals surface area (Å²) >= 11 is 0. The third-order valence-corrected chi connectivity index (χ3v) is 4.85. The van der Waals surface area contributed by atoms with Gasteiger partial charge in [0.2, 0.25) is 5.91 Å². The molecule has 0 spiro atoms. The first kappa shape index (κ1) is 18.0. The molecule has 0 saturated heterocycles. The van der Waals surface area contributed by atoms with Crippen molar-refractivity contribution in [2.75, 3.05) is 5.32 Å². The third kappa shape index (κ3) is 4.12. The first-order chi connectivity index (χ1) is 13.7. The van der Waals surface area contributed by atoms with E-state index in [1.54, 1.807) is 0 Å². The highest BCUT2D eigenvalue weighted by molar-refractivity contribution is 5.91. The van der Waals surface area contributed by atoms with Gasteiger partial charge in [0, 0.05) is 12.1 Å². The van der Waals surface area contributed by atoms with E-state index < -0.39 is 0 Å². The average molecular weight is 369 g/mol. The predicted molar refractivity (Wildman–Crippen MR) is 113 cm³/mol. The molecule has 0 aliphatic carbocycles. The number of amides is 1. The van der Waals surface area contributed by atoms with Gasteiger partial charge in [-0.15, -0.1) is 0 Å². The number of anilines is 1. The molecular weight excluding hydrogens is 346 g/mol. The van der Waals surface area contributed by atoms with Crippen molar-refractivity contribution in [3.8, 4) is 0 Å². The molecule has 0 atom stereocenters. The van der Waals surface area contributed by atoms with Crippen LogP contribution in [-0.2, 0) is 24.2 Å². The number of aryl methyl sites for hydroxylation is 3. The molecule has 0 aliphatic rings. The maximum Gasteiger partial charge on any atom is 0.244 e. The molecule has 0 unspecified atom stereocenters. The van der Waals surface area contributed by atoms with Gasteiger partial charge in [-0.05, 0) is 43.2 Å². The number of carbonyl (C=O) groups excluding carboxylic acids is 1. The van der Waals surface area contributed by atoms with Crippen LogP contribution in [0.25, 0.3) is 11.0 Å². The lowest BCUT2D eigenvalue weighted by Gasteiger charge is -2.10.